The van der Waals surface area contributed by atoms with E-state index in [9.17, 15) is 4.79 Å². The van der Waals surface area contributed by atoms with Crippen molar-refractivity contribution >= 4 is 50.2 Å². The molecule has 2 aromatic heterocycles. The van der Waals surface area contributed by atoms with E-state index in [4.69, 9.17) is 9.72 Å². The van der Waals surface area contributed by atoms with Gasteiger partial charge in [-0.15, -0.1) is 0 Å². The smallest absolute Gasteiger partial charge is 0.274 e. The molecule has 3 aromatic carbocycles. The molecule has 0 atom stereocenters. The zero-order chi connectivity index (χ0) is 25.1. The molecule has 0 radical (unpaired) electrons. The largest absolute Gasteiger partial charge is 0.457 e. The molecule has 8 heteroatoms. The number of carbonyl (C=O) groups is 1. The highest BCUT2D eigenvalue weighted by molar-refractivity contribution is 9.10. The van der Waals surface area contributed by atoms with Crippen molar-refractivity contribution in [2.75, 3.05) is 10.6 Å². The number of nitrogens with one attached hydrogen (secondary N) is 2. The lowest BCUT2D eigenvalue weighted by atomic mass is 10.1. The monoisotopic (exact) mass is 541 g/mol. The highest BCUT2D eigenvalue weighted by Gasteiger charge is 2.12. The van der Waals surface area contributed by atoms with Crippen LogP contribution in [0, 0.1) is 0 Å². The van der Waals surface area contributed by atoms with Crippen LogP contribution < -0.4 is 15.4 Å². The van der Waals surface area contributed by atoms with Crippen LogP contribution in [0.15, 0.2) is 89.5 Å². The van der Waals surface area contributed by atoms with Crippen molar-refractivity contribution in [1.29, 1.82) is 0 Å². The predicted molar refractivity (Wildman–Crippen MR) is 146 cm³/mol. The average molecular weight is 542 g/mol. The van der Waals surface area contributed by atoms with Gasteiger partial charge in [0.1, 0.15) is 17.2 Å². The number of hydrogen-bond acceptors (Lipinski definition) is 5. The fraction of sp³-hybridized carbons (Fsp3) is 0.107. The number of aryl methyl sites for hydroxylation is 2. The minimum Gasteiger partial charge on any atom is -0.457 e. The summed E-state index contributed by atoms with van der Waals surface area (Å²) in [6.07, 6.45) is 2.46. The number of rotatable bonds is 7. The normalized spacial score (nSPS) is 10.9. The van der Waals surface area contributed by atoms with E-state index in [-0.39, 0.29) is 11.6 Å². The van der Waals surface area contributed by atoms with E-state index in [0.29, 0.717) is 11.5 Å². The van der Waals surface area contributed by atoms with Crippen molar-refractivity contribution in [3.05, 3.63) is 101 Å². The van der Waals surface area contributed by atoms with Crippen LogP contribution in [0.1, 0.15) is 23.0 Å². The number of carbonyl (C=O) groups excluding carboxylic acids is 1. The molecule has 2 heterocycles. The number of nitrogens with zero attached hydrogens (tertiary/aromatic N) is 3. The van der Waals surface area contributed by atoms with Gasteiger partial charge in [-0.25, -0.2) is 4.98 Å². The molecule has 0 unspecified atom stereocenters. The Morgan fingerprint density at radius 1 is 0.972 bits per heavy atom. The van der Waals surface area contributed by atoms with E-state index >= 15 is 0 Å². The van der Waals surface area contributed by atoms with Gasteiger partial charge >= 0.3 is 0 Å². The summed E-state index contributed by atoms with van der Waals surface area (Å²) in [6.45, 7) is 2.07. The maximum absolute atomic E-state index is 12.8. The molecule has 0 bridgehead atoms. The number of aromatic nitrogens is 3. The predicted octanol–water partition coefficient (Wildman–Crippen LogP) is 7.08. The Kier molecular flexibility index (Phi) is 6.69. The van der Waals surface area contributed by atoms with Gasteiger partial charge in [-0.1, -0.05) is 35.0 Å². The number of pyridine rings is 1. The molecule has 0 spiro atoms. The molecule has 0 aliphatic rings. The fourth-order valence-corrected chi connectivity index (χ4v) is 4.08. The van der Waals surface area contributed by atoms with Gasteiger partial charge in [-0.2, -0.15) is 0 Å². The van der Waals surface area contributed by atoms with Gasteiger partial charge in [0, 0.05) is 41.2 Å². The third-order valence-electron chi connectivity index (χ3n) is 5.75. The Hall–Kier alpha value is -4.17. The first-order chi connectivity index (χ1) is 17.5. The van der Waals surface area contributed by atoms with Crippen LogP contribution in [0.5, 0.6) is 11.5 Å². The molecule has 2 N–H and O–H groups in total. The molecule has 36 heavy (non-hydrogen) atoms. The van der Waals surface area contributed by atoms with E-state index in [1.165, 1.54) is 0 Å². The quantitative estimate of drug-likeness (QED) is 0.230. The van der Waals surface area contributed by atoms with Gasteiger partial charge in [0.05, 0.1) is 11.0 Å². The van der Waals surface area contributed by atoms with E-state index < -0.39 is 0 Å². The molecule has 0 saturated heterocycles. The molecule has 0 aliphatic heterocycles. The molecule has 0 aliphatic carbocycles. The van der Waals surface area contributed by atoms with Crippen LogP contribution in [-0.2, 0) is 13.5 Å². The number of hydrogen-bond donors (Lipinski definition) is 2. The first-order valence-electron chi connectivity index (χ1n) is 11.5. The topological polar surface area (TPSA) is 81.1 Å². The SMILES string of the molecule is CCc1cccc(NC(=O)c2cc(Oc3ccc4c(c3)nc(Nc3ccc(Br)cc3)n4C)ccn2)c1. The van der Waals surface area contributed by atoms with Gasteiger partial charge in [-0.3, -0.25) is 9.78 Å². The molecule has 0 saturated carbocycles. The fourth-order valence-electron chi connectivity index (χ4n) is 3.82. The lowest BCUT2D eigenvalue weighted by molar-refractivity contribution is 0.102. The summed E-state index contributed by atoms with van der Waals surface area (Å²) in [6, 6.07) is 24.7. The van der Waals surface area contributed by atoms with Crippen molar-refractivity contribution in [3.8, 4) is 11.5 Å². The second-order valence-electron chi connectivity index (χ2n) is 8.26. The van der Waals surface area contributed by atoms with Crippen LogP contribution in [0.2, 0.25) is 0 Å². The summed E-state index contributed by atoms with van der Waals surface area (Å²) < 4.78 is 9.06. The van der Waals surface area contributed by atoms with Crippen LogP contribution in [0.25, 0.3) is 11.0 Å². The molecule has 0 fully saturated rings. The maximum atomic E-state index is 12.8. The molecule has 5 aromatic rings. The van der Waals surface area contributed by atoms with Crippen LogP contribution in [0.3, 0.4) is 0 Å². The van der Waals surface area contributed by atoms with Crippen molar-refractivity contribution in [2.45, 2.75) is 13.3 Å². The van der Waals surface area contributed by atoms with Gasteiger partial charge in [0.25, 0.3) is 5.91 Å². The Bertz CT molecular complexity index is 1550. The average Bonchev–Trinajstić information content (AvgIpc) is 3.19. The second kappa shape index (κ2) is 10.2. The first kappa shape index (κ1) is 23.6. The number of amides is 1. The van der Waals surface area contributed by atoms with Gasteiger partial charge in [0.2, 0.25) is 5.95 Å². The van der Waals surface area contributed by atoms with E-state index in [0.717, 1.165) is 44.8 Å². The zero-order valence-electron chi connectivity index (χ0n) is 19.8. The van der Waals surface area contributed by atoms with E-state index in [2.05, 4.69) is 38.5 Å². The number of fused-ring (bicyclic) bond motifs is 1. The van der Waals surface area contributed by atoms with Gasteiger partial charge < -0.3 is 19.9 Å². The van der Waals surface area contributed by atoms with Crippen molar-refractivity contribution in [1.82, 2.24) is 14.5 Å². The summed E-state index contributed by atoms with van der Waals surface area (Å²) >= 11 is 3.45. The highest BCUT2D eigenvalue weighted by atomic mass is 79.9. The first-order valence-corrected chi connectivity index (χ1v) is 12.3. The molecular weight excluding hydrogens is 518 g/mol. The number of benzene rings is 3. The van der Waals surface area contributed by atoms with Gasteiger partial charge in [-0.05, 0) is 66.6 Å². The number of anilines is 3. The standard InChI is InChI=1S/C28H24BrN5O2/c1-3-18-5-4-6-21(15-18)31-27(35)25-17-23(13-14-30-25)36-22-11-12-26-24(16-22)33-28(34(26)2)32-20-9-7-19(29)8-10-20/h4-17H,3H2,1-2H3,(H,31,35)(H,32,33). The number of ether oxygens (including phenoxy) is 1. The summed E-state index contributed by atoms with van der Waals surface area (Å²) in [7, 11) is 1.96. The summed E-state index contributed by atoms with van der Waals surface area (Å²) in [5, 5.41) is 6.24. The third-order valence-corrected chi connectivity index (χ3v) is 6.27. The Morgan fingerprint density at radius 3 is 2.58 bits per heavy atom. The minimum absolute atomic E-state index is 0.272. The van der Waals surface area contributed by atoms with E-state index in [1.807, 2.05) is 78.3 Å². The zero-order valence-corrected chi connectivity index (χ0v) is 21.4. The van der Waals surface area contributed by atoms with Crippen LogP contribution in [-0.4, -0.2) is 20.4 Å². The summed E-state index contributed by atoms with van der Waals surface area (Å²) in [5.74, 6) is 1.56. The second-order valence-corrected chi connectivity index (χ2v) is 9.18. The highest BCUT2D eigenvalue weighted by Crippen LogP contribution is 2.28. The lowest BCUT2D eigenvalue weighted by Gasteiger charge is -2.09. The summed E-state index contributed by atoms with van der Waals surface area (Å²) in [5.41, 5.74) is 4.86. The van der Waals surface area contributed by atoms with Gasteiger partial charge in [0.15, 0.2) is 0 Å². The Morgan fingerprint density at radius 2 is 1.78 bits per heavy atom. The number of imidazole rings is 1. The Labute approximate surface area is 217 Å². The Balaban J connectivity index is 1.33. The maximum Gasteiger partial charge on any atom is 0.274 e. The molecule has 7 nitrogen and oxygen atoms in total. The third kappa shape index (κ3) is 5.23. The molecule has 1 amide bonds. The van der Waals surface area contributed by atoms with Crippen LogP contribution in [0.4, 0.5) is 17.3 Å². The molecular formula is C28H24BrN5O2. The minimum atomic E-state index is -0.294. The van der Waals surface area contributed by atoms with Crippen molar-refractivity contribution < 1.29 is 9.53 Å². The summed E-state index contributed by atoms with van der Waals surface area (Å²) in [4.78, 5) is 21.7. The van der Waals surface area contributed by atoms with Crippen LogP contribution >= 0.6 is 15.9 Å². The van der Waals surface area contributed by atoms with Crippen molar-refractivity contribution in [2.24, 2.45) is 7.05 Å². The number of halogens is 1. The van der Waals surface area contributed by atoms with Crippen molar-refractivity contribution in [3.63, 3.8) is 0 Å². The molecule has 180 valence electrons. The molecule has 5 rings (SSSR count). The lowest BCUT2D eigenvalue weighted by Crippen LogP contribution is -2.13. The van der Waals surface area contributed by atoms with E-state index in [1.54, 1.807) is 18.3 Å².